The highest BCUT2D eigenvalue weighted by atomic mass is 15.1. The van der Waals surface area contributed by atoms with Gasteiger partial charge >= 0.3 is 0 Å². The first-order valence-corrected chi connectivity index (χ1v) is 7.60. The normalized spacial score (nSPS) is 16.8. The standard InChI is InChI=1S/C16H27N3/c1-3-19(4-2)13-14-6-5-7-16(12-14)18-15-8-10-17-11-9-15/h5-7,12,15,17-18H,3-4,8-11,13H2,1-2H3. The topological polar surface area (TPSA) is 27.3 Å². The Balaban J connectivity index is 1.94. The Morgan fingerprint density at radius 2 is 1.95 bits per heavy atom. The number of anilines is 1. The van der Waals surface area contributed by atoms with E-state index in [-0.39, 0.29) is 0 Å². The molecule has 3 nitrogen and oxygen atoms in total. The maximum Gasteiger partial charge on any atom is 0.0345 e. The van der Waals surface area contributed by atoms with Gasteiger partial charge in [-0.15, -0.1) is 0 Å². The minimum Gasteiger partial charge on any atom is -0.382 e. The molecule has 106 valence electrons. The molecule has 1 aromatic carbocycles. The van der Waals surface area contributed by atoms with E-state index in [1.807, 2.05) is 0 Å². The minimum atomic E-state index is 0.630. The number of hydrogen-bond acceptors (Lipinski definition) is 3. The van der Waals surface area contributed by atoms with Crippen molar-refractivity contribution in [2.75, 3.05) is 31.5 Å². The Morgan fingerprint density at radius 1 is 1.21 bits per heavy atom. The largest absolute Gasteiger partial charge is 0.382 e. The van der Waals surface area contributed by atoms with Crippen molar-refractivity contribution in [3.8, 4) is 0 Å². The van der Waals surface area contributed by atoms with Crippen LogP contribution in [-0.4, -0.2) is 37.1 Å². The molecule has 1 aliphatic rings. The lowest BCUT2D eigenvalue weighted by molar-refractivity contribution is 0.296. The quantitative estimate of drug-likeness (QED) is 0.824. The third kappa shape index (κ3) is 4.51. The van der Waals surface area contributed by atoms with E-state index >= 15 is 0 Å². The van der Waals surface area contributed by atoms with Gasteiger partial charge in [-0.3, -0.25) is 4.90 Å². The van der Waals surface area contributed by atoms with Crippen molar-refractivity contribution >= 4 is 5.69 Å². The average molecular weight is 261 g/mol. The SMILES string of the molecule is CCN(CC)Cc1cccc(NC2CCNCC2)c1. The monoisotopic (exact) mass is 261 g/mol. The van der Waals surface area contributed by atoms with Crippen LogP contribution in [0.2, 0.25) is 0 Å². The molecule has 0 unspecified atom stereocenters. The fraction of sp³-hybridized carbons (Fsp3) is 0.625. The van der Waals surface area contributed by atoms with E-state index < -0.39 is 0 Å². The molecule has 1 heterocycles. The van der Waals surface area contributed by atoms with Gasteiger partial charge in [-0.25, -0.2) is 0 Å². The van der Waals surface area contributed by atoms with Crippen LogP contribution in [0, 0.1) is 0 Å². The van der Waals surface area contributed by atoms with Gasteiger partial charge in [-0.05, 0) is 56.7 Å². The van der Waals surface area contributed by atoms with E-state index in [4.69, 9.17) is 0 Å². The summed E-state index contributed by atoms with van der Waals surface area (Å²) in [7, 11) is 0. The zero-order valence-electron chi connectivity index (χ0n) is 12.3. The summed E-state index contributed by atoms with van der Waals surface area (Å²) < 4.78 is 0. The van der Waals surface area contributed by atoms with Crippen molar-refractivity contribution in [1.29, 1.82) is 0 Å². The van der Waals surface area contributed by atoms with E-state index in [2.05, 4.69) is 53.6 Å². The van der Waals surface area contributed by atoms with Gasteiger partial charge in [0.05, 0.1) is 0 Å². The number of piperidine rings is 1. The Labute approximate surface area is 117 Å². The second kappa shape index (κ2) is 7.51. The van der Waals surface area contributed by atoms with Crippen molar-refractivity contribution < 1.29 is 0 Å². The zero-order chi connectivity index (χ0) is 13.5. The molecular formula is C16H27N3. The van der Waals surface area contributed by atoms with Crippen molar-refractivity contribution in [3.05, 3.63) is 29.8 Å². The maximum atomic E-state index is 3.67. The van der Waals surface area contributed by atoms with Crippen molar-refractivity contribution in [1.82, 2.24) is 10.2 Å². The van der Waals surface area contributed by atoms with E-state index in [9.17, 15) is 0 Å². The Morgan fingerprint density at radius 3 is 2.63 bits per heavy atom. The van der Waals surface area contributed by atoms with Crippen molar-refractivity contribution in [2.24, 2.45) is 0 Å². The van der Waals surface area contributed by atoms with Gasteiger partial charge in [0.25, 0.3) is 0 Å². The average Bonchev–Trinajstić information content (AvgIpc) is 2.46. The summed E-state index contributed by atoms with van der Waals surface area (Å²) in [5.74, 6) is 0. The van der Waals surface area contributed by atoms with Crippen LogP contribution in [0.25, 0.3) is 0 Å². The second-order valence-corrected chi connectivity index (χ2v) is 5.33. The Kier molecular flexibility index (Phi) is 5.67. The van der Waals surface area contributed by atoms with Crippen LogP contribution in [0.5, 0.6) is 0 Å². The van der Waals surface area contributed by atoms with Gasteiger partial charge in [-0.2, -0.15) is 0 Å². The summed E-state index contributed by atoms with van der Waals surface area (Å²) in [6.07, 6.45) is 2.44. The van der Waals surface area contributed by atoms with Crippen LogP contribution in [0.15, 0.2) is 24.3 Å². The molecule has 0 saturated carbocycles. The molecule has 0 radical (unpaired) electrons. The number of hydrogen-bond donors (Lipinski definition) is 2. The van der Waals surface area contributed by atoms with E-state index in [0.717, 1.165) is 32.7 Å². The fourth-order valence-corrected chi connectivity index (χ4v) is 2.67. The van der Waals surface area contributed by atoms with Gasteiger partial charge in [0.1, 0.15) is 0 Å². The summed E-state index contributed by atoms with van der Waals surface area (Å²) in [6.45, 7) is 9.99. The van der Waals surface area contributed by atoms with Gasteiger partial charge < -0.3 is 10.6 Å². The molecule has 1 fully saturated rings. The van der Waals surface area contributed by atoms with Crippen molar-refractivity contribution in [2.45, 2.75) is 39.3 Å². The summed E-state index contributed by atoms with van der Waals surface area (Å²) >= 11 is 0. The molecule has 0 amide bonds. The lowest BCUT2D eigenvalue weighted by atomic mass is 10.1. The smallest absolute Gasteiger partial charge is 0.0345 e. The molecule has 0 atom stereocenters. The lowest BCUT2D eigenvalue weighted by Gasteiger charge is -2.25. The molecule has 2 rings (SSSR count). The number of nitrogens with one attached hydrogen (secondary N) is 2. The highest BCUT2D eigenvalue weighted by molar-refractivity contribution is 5.46. The molecule has 1 aromatic rings. The first-order chi connectivity index (χ1) is 9.31. The molecule has 0 spiro atoms. The molecule has 0 bridgehead atoms. The van der Waals surface area contributed by atoms with Crippen LogP contribution in [0.3, 0.4) is 0 Å². The van der Waals surface area contributed by atoms with Crippen LogP contribution in [0.4, 0.5) is 5.69 Å². The molecule has 1 saturated heterocycles. The number of nitrogens with zero attached hydrogens (tertiary/aromatic N) is 1. The van der Waals surface area contributed by atoms with Gasteiger partial charge in [-0.1, -0.05) is 26.0 Å². The molecular weight excluding hydrogens is 234 g/mol. The fourth-order valence-electron chi connectivity index (χ4n) is 2.67. The predicted octanol–water partition coefficient (Wildman–Crippen LogP) is 2.69. The number of rotatable bonds is 6. The maximum absolute atomic E-state index is 3.67. The summed E-state index contributed by atoms with van der Waals surface area (Å²) in [4.78, 5) is 2.45. The third-order valence-electron chi connectivity index (χ3n) is 3.94. The Hall–Kier alpha value is -1.06. The van der Waals surface area contributed by atoms with Gasteiger partial charge in [0.15, 0.2) is 0 Å². The molecule has 19 heavy (non-hydrogen) atoms. The highest BCUT2D eigenvalue weighted by Crippen LogP contribution is 2.16. The zero-order valence-corrected chi connectivity index (χ0v) is 12.3. The number of benzene rings is 1. The van der Waals surface area contributed by atoms with Gasteiger partial charge in [0.2, 0.25) is 0 Å². The summed E-state index contributed by atoms with van der Waals surface area (Å²) in [6, 6.07) is 9.52. The van der Waals surface area contributed by atoms with E-state index in [0.29, 0.717) is 6.04 Å². The first-order valence-electron chi connectivity index (χ1n) is 7.60. The highest BCUT2D eigenvalue weighted by Gasteiger charge is 2.12. The molecule has 1 aliphatic heterocycles. The lowest BCUT2D eigenvalue weighted by Crippen LogP contribution is -2.35. The van der Waals surface area contributed by atoms with Gasteiger partial charge in [0, 0.05) is 18.3 Å². The molecule has 2 N–H and O–H groups in total. The summed E-state index contributed by atoms with van der Waals surface area (Å²) in [5.41, 5.74) is 2.68. The Bertz CT molecular complexity index is 368. The minimum absolute atomic E-state index is 0.630. The molecule has 0 aliphatic carbocycles. The van der Waals surface area contributed by atoms with Crippen molar-refractivity contribution in [3.63, 3.8) is 0 Å². The van der Waals surface area contributed by atoms with E-state index in [1.54, 1.807) is 0 Å². The molecule has 3 heteroatoms. The molecule has 0 aromatic heterocycles. The van der Waals surface area contributed by atoms with Crippen LogP contribution in [0.1, 0.15) is 32.3 Å². The van der Waals surface area contributed by atoms with Crippen LogP contribution < -0.4 is 10.6 Å². The third-order valence-corrected chi connectivity index (χ3v) is 3.94. The van der Waals surface area contributed by atoms with Crippen LogP contribution in [-0.2, 0) is 6.54 Å². The summed E-state index contributed by atoms with van der Waals surface area (Å²) in [5, 5.41) is 7.08. The van der Waals surface area contributed by atoms with Crippen LogP contribution >= 0.6 is 0 Å². The second-order valence-electron chi connectivity index (χ2n) is 5.33. The first kappa shape index (κ1) is 14.4. The predicted molar refractivity (Wildman–Crippen MR) is 82.6 cm³/mol. The van der Waals surface area contributed by atoms with E-state index in [1.165, 1.54) is 24.1 Å².